The molecule has 0 radical (unpaired) electrons. The summed E-state index contributed by atoms with van der Waals surface area (Å²) in [7, 11) is -2.08. The van der Waals surface area contributed by atoms with Crippen LogP contribution in [0.4, 0.5) is 0 Å². The Balaban J connectivity index is 1.99. The fraction of sp³-hybridized carbons (Fsp3) is 0.278. The number of para-hydroxylation sites is 1. The van der Waals surface area contributed by atoms with Gasteiger partial charge in [-0.25, -0.2) is 8.42 Å². The van der Waals surface area contributed by atoms with E-state index in [-0.39, 0.29) is 9.78 Å². The molecule has 2 aromatic rings. The molecule has 1 aromatic carbocycles. The van der Waals surface area contributed by atoms with Crippen LogP contribution < -0.4 is 9.84 Å². The molecule has 0 atom stereocenters. The quantitative estimate of drug-likeness (QED) is 0.700. The van der Waals surface area contributed by atoms with Crippen LogP contribution in [-0.2, 0) is 14.8 Å². The molecule has 0 aliphatic carbocycles. The van der Waals surface area contributed by atoms with Crippen LogP contribution >= 0.6 is 11.3 Å². The number of aliphatic carboxylic acids is 1. The number of thiophene rings is 1. The second-order valence-corrected chi connectivity index (χ2v) is 9.07. The Hall–Kier alpha value is -2.16. The Morgan fingerprint density at radius 2 is 1.88 bits per heavy atom. The highest BCUT2D eigenvalue weighted by molar-refractivity contribution is 7.91. The summed E-state index contributed by atoms with van der Waals surface area (Å²) in [6.45, 7) is 1.000. The fourth-order valence-electron chi connectivity index (χ4n) is 2.83. The third kappa shape index (κ3) is 3.67. The number of rotatable bonds is 6. The van der Waals surface area contributed by atoms with Crippen molar-refractivity contribution in [3.05, 3.63) is 46.8 Å². The van der Waals surface area contributed by atoms with Gasteiger partial charge in [0, 0.05) is 29.1 Å². The van der Waals surface area contributed by atoms with Crippen molar-refractivity contribution >= 4 is 39.0 Å². The molecule has 1 saturated heterocycles. The van der Waals surface area contributed by atoms with Gasteiger partial charge in [0.25, 0.3) is 10.0 Å². The number of carbonyl (C=O) groups is 1. The number of ether oxygens (including phenoxy) is 1. The van der Waals surface area contributed by atoms with Gasteiger partial charge in [0.05, 0.1) is 13.1 Å². The summed E-state index contributed by atoms with van der Waals surface area (Å²) in [5, 5.41) is 11.6. The summed E-state index contributed by atoms with van der Waals surface area (Å²) in [4.78, 5) is 12.0. The van der Waals surface area contributed by atoms with E-state index in [0.29, 0.717) is 29.3 Å². The standard InChI is InChI=1S/C18H19NO5S2/c1-24-15-7-3-2-6-13(15)12-14(18(20)21)16-8-9-17(25-16)26(22,23)19-10-4-5-11-19/h2-3,6-9,12H,4-5,10-11H2,1H3,(H,20,21)/p-1/b14-12-. The van der Waals surface area contributed by atoms with Crippen LogP contribution in [0.5, 0.6) is 5.75 Å². The van der Waals surface area contributed by atoms with E-state index in [4.69, 9.17) is 4.74 Å². The molecular formula is C18H18NO5S2-. The summed E-state index contributed by atoms with van der Waals surface area (Å²) in [5.41, 5.74) is 0.494. The van der Waals surface area contributed by atoms with Gasteiger partial charge in [-0.15, -0.1) is 11.3 Å². The Bertz CT molecular complexity index is 940. The van der Waals surface area contributed by atoms with Gasteiger partial charge in [-0.1, -0.05) is 18.2 Å². The van der Waals surface area contributed by atoms with Gasteiger partial charge in [0.1, 0.15) is 9.96 Å². The molecule has 0 bridgehead atoms. The predicted molar refractivity (Wildman–Crippen MR) is 98.2 cm³/mol. The first-order valence-electron chi connectivity index (χ1n) is 8.10. The first-order valence-corrected chi connectivity index (χ1v) is 10.4. The fourth-order valence-corrected chi connectivity index (χ4v) is 5.81. The highest BCUT2D eigenvalue weighted by Crippen LogP contribution is 2.32. The number of hydrogen-bond donors (Lipinski definition) is 0. The van der Waals surface area contributed by atoms with Crippen LogP contribution in [0, 0.1) is 0 Å². The summed E-state index contributed by atoms with van der Waals surface area (Å²) in [6, 6.07) is 9.94. The van der Waals surface area contributed by atoms with Crippen molar-refractivity contribution < 1.29 is 23.1 Å². The molecule has 8 heteroatoms. The van der Waals surface area contributed by atoms with E-state index in [1.807, 2.05) is 0 Å². The van der Waals surface area contributed by atoms with Gasteiger partial charge < -0.3 is 14.6 Å². The lowest BCUT2D eigenvalue weighted by atomic mass is 10.1. The average molecular weight is 392 g/mol. The Morgan fingerprint density at radius 1 is 1.19 bits per heavy atom. The minimum absolute atomic E-state index is 0.0811. The maximum atomic E-state index is 12.6. The second kappa shape index (κ2) is 7.61. The predicted octanol–water partition coefficient (Wildman–Crippen LogP) is 1.83. The minimum Gasteiger partial charge on any atom is -0.545 e. The smallest absolute Gasteiger partial charge is 0.252 e. The normalized spacial score (nSPS) is 16.0. The second-order valence-electron chi connectivity index (χ2n) is 5.82. The Morgan fingerprint density at radius 3 is 2.54 bits per heavy atom. The summed E-state index contributed by atoms with van der Waals surface area (Å²) < 4.78 is 32.1. The molecule has 2 heterocycles. The van der Waals surface area contributed by atoms with Gasteiger partial charge in [-0.05, 0) is 37.1 Å². The largest absolute Gasteiger partial charge is 0.545 e. The van der Waals surface area contributed by atoms with Crippen molar-refractivity contribution in [1.29, 1.82) is 0 Å². The van der Waals surface area contributed by atoms with Gasteiger partial charge in [0.15, 0.2) is 0 Å². The summed E-state index contributed by atoms with van der Waals surface area (Å²) >= 11 is 0.936. The van der Waals surface area contributed by atoms with Crippen molar-refractivity contribution in [2.75, 3.05) is 20.2 Å². The van der Waals surface area contributed by atoms with Crippen LogP contribution in [0.1, 0.15) is 23.3 Å². The SMILES string of the molecule is COc1ccccc1/C=C(\C(=O)[O-])c1ccc(S(=O)(=O)N2CCCC2)s1. The van der Waals surface area contributed by atoms with Crippen LogP contribution in [0.25, 0.3) is 11.6 Å². The average Bonchev–Trinajstić information content (AvgIpc) is 3.31. The van der Waals surface area contributed by atoms with E-state index >= 15 is 0 Å². The number of methoxy groups -OCH3 is 1. The van der Waals surface area contributed by atoms with E-state index in [2.05, 4.69) is 0 Å². The Labute approximate surface area is 156 Å². The zero-order valence-corrected chi connectivity index (χ0v) is 15.8. The lowest BCUT2D eigenvalue weighted by Crippen LogP contribution is -2.27. The Kier molecular flexibility index (Phi) is 5.45. The molecule has 1 fully saturated rings. The third-order valence-corrected chi connectivity index (χ3v) is 7.65. The van der Waals surface area contributed by atoms with Crippen molar-refractivity contribution in [2.45, 2.75) is 17.1 Å². The molecule has 1 aliphatic rings. The van der Waals surface area contributed by atoms with Gasteiger partial charge in [-0.3, -0.25) is 0 Å². The number of hydrogen-bond acceptors (Lipinski definition) is 6. The van der Waals surface area contributed by atoms with Crippen molar-refractivity contribution in [2.24, 2.45) is 0 Å². The molecule has 0 N–H and O–H groups in total. The van der Waals surface area contributed by atoms with Crippen LogP contribution in [0.2, 0.25) is 0 Å². The third-order valence-electron chi connectivity index (χ3n) is 4.16. The first-order chi connectivity index (χ1) is 12.4. The number of carboxylic acid groups (broad SMARTS) is 1. The molecule has 3 rings (SSSR count). The molecular weight excluding hydrogens is 374 g/mol. The number of carboxylic acids is 1. The molecule has 0 amide bonds. The van der Waals surface area contributed by atoms with Crippen molar-refractivity contribution in [3.63, 3.8) is 0 Å². The van der Waals surface area contributed by atoms with Crippen molar-refractivity contribution in [3.8, 4) is 5.75 Å². The molecule has 6 nitrogen and oxygen atoms in total. The van der Waals surface area contributed by atoms with E-state index in [1.54, 1.807) is 24.3 Å². The topological polar surface area (TPSA) is 86.7 Å². The molecule has 138 valence electrons. The molecule has 0 unspecified atom stereocenters. The number of carbonyl (C=O) groups excluding carboxylic acids is 1. The van der Waals surface area contributed by atoms with Crippen LogP contribution in [0.3, 0.4) is 0 Å². The molecule has 0 spiro atoms. The molecule has 1 aromatic heterocycles. The van der Waals surface area contributed by atoms with E-state index < -0.39 is 16.0 Å². The maximum absolute atomic E-state index is 12.6. The van der Waals surface area contributed by atoms with E-state index in [1.165, 1.54) is 29.6 Å². The lowest BCUT2D eigenvalue weighted by molar-refractivity contribution is -0.295. The van der Waals surface area contributed by atoms with Crippen LogP contribution in [-0.4, -0.2) is 38.9 Å². The number of benzene rings is 1. The molecule has 1 aliphatic heterocycles. The van der Waals surface area contributed by atoms with E-state index in [9.17, 15) is 18.3 Å². The monoisotopic (exact) mass is 392 g/mol. The van der Waals surface area contributed by atoms with Gasteiger partial charge in [-0.2, -0.15) is 4.31 Å². The van der Waals surface area contributed by atoms with Gasteiger partial charge in [0.2, 0.25) is 0 Å². The molecule has 26 heavy (non-hydrogen) atoms. The minimum atomic E-state index is -3.58. The maximum Gasteiger partial charge on any atom is 0.252 e. The summed E-state index contributed by atoms with van der Waals surface area (Å²) in [5.74, 6) is -0.851. The highest BCUT2D eigenvalue weighted by atomic mass is 32.2. The van der Waals surface area contributed by atoms with Gasteiger partial charge >= 0.3 is 0 Å². The van der Waals surface area contributed by atoms with Crippen molar-refractivity contribution in [1.82, 2.24) is 4.31 Å². The van der Waals surface area contributed by atoms with E-state index in [0.717, 1.165) is 24.2 Å². The highest BCUT2D eigenvalue weighted by Gasteiger charge is 2.28. The van der Waals surface area contributed by atoms with Crippen LogP contribution in [0.15, 0.2) is 40.6 Å². The number of sulfonamides is 1. The number of nitrogens with zero attached hydrogens (tertiary/aromatic N) is 1. The zero-order chi connectivity index (χ0) is 18.7. The molecule has 0 saturated carbocycles. The zero-order valence-electron chi connectivity index (χ0n) is 14.2. The first kappa shape index (κ1) is 18.6. The lowest BCUT2D eigenvalue weighted by Gasteiger charge is -2.13. The summed E-state index contributed by atoms with van der Waals surface area (Å²) in [6.07, 6.45) is 3.12.